The van der Waals surface area contributed by atoms with Crippen LogP contribution in [0.2, 0.25) is 0 Å². The van der Waals surface area contributed by atoms with Crippen molar-refractivity contribution in [1.82, 2.24) is 9.62 Å². The molecule has 0 spiro atoms. The fraction of sp³-hybridized carbons (Fsp3) is 0.500. The lowest BCUT2D eigenvalue weighted by Crippen LogP contribution is -2.51. The van der Waals surface area contributed by atoms with Gasteiger partial charge in [0.15, 0.2) is 0 Å². The molecule has 0 aliphatic carbocycles. The summed E-state index contributed by atoms with van der Waals surface area (Å²) in [5.74, 6) is -0.424. The Morgan fingerprint density at radius 1 is 1.37 bits per heavy atom. The summed E-state index contributed by atoms with van der Waals surface area (Å²) in [6.07, 6.45) is 0. The highest BCUT2D eigenvalue weighted by molar-refractivity contribution is 7.88. The van der Waals surface area contributed by atoms with Gasteiger partial charge in [0.05, 0.1) is 5.75 Å². The fourth-order valence-corrected chi connectivity index (χ4v) is 3.65. The monoisotopic (exact) mass is 308 g/mol. The van der Waals surface area contributed by atoms with Crippen molar-refractivity contribution in [2.75, 3.05) is 19.6 Å². The van der Waals surface area contributed by atoms with Crippen LogP contribution in [-0.4, -0.2) is 38.4 Å². The Balaban J connectivity index is 0.00000180. The number of halogens is 2. The van der Waals surface area contributed by atoms with E-state index in [9.17, 15) is 12.8 Å². The maximum Gasteiger partial charge on any atom is 0.218 e. The molecule has 1 fully saturated rings. The van der Waals surface area contributed by atoms with Crippen molar-refractivity contribution < 1.29 is 12.8 Å². The summed E-state index contributed by atoms with van der Waals surface area (Å²) >= 11 is 0. The zero-order valence-electron chi connectivity index (χ0n) is 10.7. The number of rotatable bonds is 3. The molecule has 1 aromatic rings. The van der Waals surface area contributed by atoms with E-state index in [4.69, 9.17) is 0 Å². The summed E-state index contributed by atoms with van der Waals surface area (Å²) < 4.78 is 38.6. The van der Waals surface area contributed by atoms with Crippen molar-refractivity contribution in [3.63, 3.8) is 0 Å². The predicted molar refractivity (Wildman–Crippen MR) is 75.3 cm³/mol. The molecule has 0 amide bonds. The molecule has 108 valence electrons. The van der Waals surface area contributed by atoms with E-state index in [0.717, 1.165) is 0 Å². The van der Waals surface area contributed by atoms with Gasteiger partial charge in [-0.15, -0.1) is 12.4 Å². The number of benzene rings is 1. The van der Waals surface area contributed by atoms with E-state index in [1.807, 2.05) is 6.92 Å². The smallest absolute Gasteiger partial charge is 0.218 e. The molecule has 1 aliphatic heterocycles. The van der Waals surface area contributed by atoms with Crippen molar-refractivity contribution in [1.29, 1.82) is 0 Å². The van der Waals surface area contributed by atoms with Crippen LogP contribution in [-0.2, 0) is 15.8 Å². The summed E-state index contributed by atoms with van der Waals surface area (Å²) in [6.45, 7) is 3.61. The minimum Gasteiger partial charge on any atom is -0.312 e. The number of piperazine rings is 1. The van der Waals surface area contributed by atoms with Gasteiger partial charge in [0.25, 0.3) is 0 Å². The molecule has 1 atom stereocenters. The summed E-state index contributed by atoms with van der Waals surface area (Å²) in [6, 6.07) is 5.76. The normalized spacial score (nSPS) is 20.8. The summed E-state index contributed by atoms with van der Waals surface area (Å²) in [5.41, 5.74) is 0.614. The summed E-state index contributed by atoms with van der Waals surface area (Å²) in [7, 11) is -3.31. The Labute approximate surface area is 119 Å². The molecule has 0 aromatic heterocycles. The van der Waals surface area contributed by atoms with E-state index in [2.05, 4.69) is 5.32 Å². The van der Waals surface area contributed by atoms with Gasteiger partial charge in [-0.2, -0.15) is 4.31 Å². The van der Waals surface area contributed by atoms with Gasteiger partial charge in [-0.05, 0) is 24.6 Å². The van der Waals surface area contributed by atoms with Crippen molar-refractivity contribution in [3.05, 3.63) is 35.6 Å². The zero-order valence-corrected chi connectivity index (χ0v) is 12.3. The second-order valence-corrected chi connectivity index (χ2v) is 6.56. The standard InChI is InChI=1S/C12H17FN2O2S.ClH/c1-10-8-15(7-6-14-10)18(16,17)9-11-2-4-12(13)5-3-11;/h2-5,10,14H,6-9H2,1H3;1H/t10-;/m0./s1. The van der Waals surface area contributed by atoms with Crippen LogP contribution in [0.25, 0.3) is 0 Å². The van der Waals surface area contributed by atoms with Crippen LogP contribution >= 0.6 is 12.4 Å². The molecule has 2 rings (SSSR count). The average molecular weight is 309 g/mol. The molecule has 0 radical (unpaired) electrons. The van der Waals surface area contributed by atoms with Gasteiger partial charge in [-0.3, -0.25) is 0 Å². The number of sulfonamides is 1. The van der Waals surface area contributed by atoms with E-state index < -0.39 is 10.0 Å². The molecule has 0 bridgehead atoms. The summed E-state index contributed by atoms with van der Waals surface area (Å²) in [5, 5.41) is 3.20. The van der Waals surface area contributed by atoms with Crippen LogP contribution in [0, 0.1) is 5.82 Å². The Bertz CT molecular complexity index is 507. The molecule has 1 aliphatic rings. The van der Waals surface area contributed by atoms with Crippen LogP contribution in [0.3, 0.4) is 0 Å². The van der Waals surface area contributed by atoms with Crippen molar-refractivity contribution >= 4 is 22.4 Å². The first kappa shape index (κ1) is 16.4. The largest absolute Gasteiger partial charge is 0.312 e. The first-order chi connectivity index (χ1) is 8.47. The van der Waals surface area contributed by atoms with Crippen molar-refractivity contribution in [2.24, 2.45) is 0 Å². The Morgan fingerprint density at radius 3 is 2.58 bits per heavy atom. The summed E-state index contributed by atoms with van der Waals surface area (Å²) in [4.78, 5) is 0. The Morgan fingerprint density at radius 2 is 2.00 bits per heavy atom. The topological polar surface area (TPSA) is 49.4 Å². The van der Waals surface area contributed by atoms with Gasteiger partial charge in [-0.25, -0.2) is 12.8 Å². The van der Waals surface area contributed by atoms with Gasteiger partial charge in [0.1, 0.15) is 5.82 Å². The Kier molecular flexibility index (Phi) is 5.73. The number of nitrogens with zero attached hydrogens (tertiary/aromatic N) is 1. The van der Waals surface area contributed by atoms with Gasteiger partial charge in [0, 0.05) is 25.7 Å². The van der Waals surface area contributed by atoms with Crippen molar-refractivity contribution in [3.8, 4) is 0 Å². The van der Waals surface area contributed by atoms with Crippen LogP contribution in [0.5, 0.6) is 0 Å². The van der Waals surface area contributed by atoms with E-state index >= 15 is 0 Å². The molecule has 1 heterocycles. The molecule has 0 unspecified atom stereocenters. The first-order valence-corrected chi connectivity index (χ1v) is 7.54. The van der Waals surface area contributed by atoms with E-state index in [1.165, 1.54) is 28.6 Å². The molecular formula is C12H18ClFN2O2S. The van der Waals surface area contributed by atoms with Gasteiger partial charge in [-0.1, -0.05) is 12.1 Å². The molecule has 19 heavy (non-hydrogen) atoms. The minimum atomic E-state index is -3.31. The van der Waals surface area contributed by atoms with Crippen LogP contribution in [0.4, 0.5) is 4.39 Å². The van der Waals surface area contributed by atoms with Gasteiger partial charge < -0.3 is 5.32 Å². The molecule has 1 N–H and O–H groups in total. The molecular weight excluding hydrogens is 291 g/mol. The van der Waals surface area contributed by atoms with Crippen LogP contribution in [0.1, 0.15) is 12.5 Å². The second-order valence-electron chi connectivity index (χ2n) is 4.60. The number of nitrogens with one attached hydrogen (secondary N) is 1. The lowest BCUT2D eigenvalue weighted by molar-refractivity contribution is 0.310. The van der Waals surface area contributed by atoms with Crippen LogP contribution in [0.15, 0.2) is 24.3 Å². The Hall–Kier alpha value is -0.690. The zero-order chi connectivity index (χ0) is 13.2. The third-order valence-electron chi connectivity index (χ3n) is 2.99. The fourth-order valence-electron chi connectivity index (χ4n) is 2.03. The van der Waals surface area contributed by atoms with E-state index in [-0.39, 0.29) is 30.0 Å². The quantitative estimate of drug-likeness (QED) is 0.917. The van der Waals surface area contributed by atoms with E-state index in [0.29, 0.717) is 25.2 Å². The van der Waals surface area contributed by atoms with Gasteiger partial charge >= 0.3 is 0 Å². The second kappa shape index (κ2) is 6.65. The lowest BCUT2D eigenvalue weighted by atomic mass is 10.2. The SMILES string of the molecule is C[C@H]1CN(S(=O)(=O)Cc2ccc(F)cc2)CCN1.Cl. The van der Waals surface area contributed by atoms with E-state index in [1.54, 1.807) is 0 Å². The predicted octanol–water partition coefficient (Wildman–Crippen LogP) is 1.37. The third-order valence-corrected chi connectivity index (χ3v) is 4.80. The highest BCUT2D eigenvalue weighted by Crippen LogP contribution is 2.13. The molecule has 4 nitrogen and oxygen atoms in total. The molecule has 1 aromatic carbocycles. The molecule has 1 saturated heterocycles. The number of hydrogen-bond donors (Lipinski definition) is 1. The highest BCUT2D eigenvalue weighted by atomic mass is 35.5. The van der Waals surface area contributed by atoms with Crippen LogP contribution < -0.4 is 5.32 Å². The first-order valence-electron chi connectivity index (χ1n) is 5.93. The molecule has 0 saturated carbocycles. The third kappa shape index (κ3) is 4.42. The average Bonchev–Trinajstić information content (AvgIpc) is 2.32. The molecule has 7 heteroatoms. The lowest BCUT2D eigenvalue weighted by Gasteiger charge is -2.31. The van der Waals surface area contributed by atoms with Crippen molar-refractivity contribution in [2.45, 2.75) is 18.7 Å². The highest BCUT2D eigenvalue weighted by Gasteiger charge is 2.26. The maximum atomic E-state index is 12.8. The number of hydrogen-bond acceptors (Lipinski definition) is 3. The van der Waals surface area contributed by atoms with Gasteiger partial charge in [0.2, 0.25) is 10.0 Å². The maximum absolute atomic E-state index is 12.8. The minimum absolute atomic E-state index is 0.